The van der Waals surface area contributed by atoms with Gasteiger partial charge in [-0.15, -0.1) is 0 Å². The Bertz CT molecular complexity index is 1240. The van der Waals surface area contributed by atoms with Gasteiger partial charge in [0.15, 0.2) is 5.65 Å². The van der Waals surface area contributed by atoms with Gasteiger partial charge in [-0.3, -0.25) is 9.67 Å². The van der Waals surface area contributed by atoms with E-state index in [1.165, 1.54) is 0 Å². The summed E-state index contributed by atoms with van der Waals surface area (Å²) in [7, 11) is 4.04. The zero-order chi connectivity index (χ0) is 22.7. The molecule has 3 heterocycles. The SMILES string of the molecule is CCNC(=O)N(S)c1ccc2ncc(-c3cnn(Cc4ccc(N(C)C)cc4)c3)nc2n1. The monoisotopic (exact) mass is 448 g/mol. The molecule has 0 aliphatic rings. The van der Waals surface area contributed by atoms with Gasteiger partial charge in [0.25, 0.3) is 0 Å². The summed E-state index contributed by atoms with van der Waals surface area (Å²) in [5.41, 5.74) is 4.85. The molecule has 0 atom stereocenters. The summed E-state index contributed by atoms with van der Waals surface area (Å²) >= 11 is 4.23. The van der Waals surface area contributed by atoms with E-state index >= 15 is 0 Å². The predicted octanol–water partition coefficient (Wildman–Crippen LogP) is 3.38. The first kappa shape index (κ1) is 21.6. The van der Waals surface area contributed by atoms with E-state index in [0.29, 0.717) is 35.8 Å². The van der Waals surface area contributed by atoms with E-state index in [0.717, 1.165) is 21.1 Å². The third-order valence-electron chi connectivity index (χ3n) is 4.86. The third kappa shape index (κ3) is 4.65. The minimum Gasteiger partial charge on any atom is -0.378 e. The van der Waals surface area contributed by atoms with Crippen molar-refractivity contribution in [1.29, 1.82) is 0 Å². The van der Waals surface area contributed by atoms with Crippen molar-refractivity contribution in [3.8, 4) is 11.3 Å². The van der Waals surface area contributed by atoms with Crippen LogP contribution in [0.5, 0.6) is 0 Å². The minimum absolute atomic E-state index is 0.355. The number of nitrogens with one attached hydrogen (secondary N) is 1. The number of hydrogen-bond acceptors (Lipinski definition) is 7. The molecule has 4 rings (SSSR count). The molecule has 1 aromatic carbocycles. The Balaban J connectivity index is 1.55. The first-order chi connectivity index (χ1) is 15.4. The second-order valence-corrected chi connectivity index (χ2v) is 7.80. The highest BCUT2D eigenvalue weighted by Gasteiger charge is 2.14. The molecule has 164 valence electrons. The van der Waals surface area contributed by atoms with Crippen molar-refractivity contribution < 1.29 is 4.79 Å². The number of pyridine rings is 1. The lowest BCUT2D eigenvalue weighted by molar-refractivity contribution is 0.250. The van der Waals surface area contributed by atoms with Crippen LogP contribution in [-0.4, -0.2) is 51.4 Å². The molecule has 0 radical (unpaired) electrons. The van der Waals surface area contributed by atoms with Crippen LogP contribution in [0.15, 0.2) is 55.0 Å². The second-order valence-electron chi connectivity index (χ2n) is 7.40. The topological polar surface area (TPSA) is 92.1 Å². The predicted molar refractivity (Wildman–Crippen MR) is 129 cm³/mol. The summed E-state index contributed by atoms with van der Waals surface area (Å²) in [6.45, 7) is 2.99. The molecule has 32 heavy (non-hydrogen) atoms. The molecule has 0 saturated carbocycles. The van der Waals surface area contributed by atoms with Gasteiger partial charge < -0.3 is 10.2 Å². The number of benzene rings is 1. The second kappa shape index (κ2) is 9.23. The molecule has 9 nitrogen and oxygen atoms in total. The van der Waals surface area contributed by atoms with E-state index in [-0.39, 0.29) is 6.03 Å². The molecule has 1 N–H and O–H groups in total. The molecule has 0 saturated heterocycles. The molecule has 2 amide bonds. The maximum absolute atomic E-state index is 12.0. The van der Waals surface area contributed by atoms with Crippen molar-refractivity contribution in [3.05, 3.63) is 60.6 Å². The first-order valence-electron chi connectivity index (χ1n) is 10.1. The van der Waals surface area contributed by atoms with Crippen LogP contribution in [-0.2, 0) is 6.54 Å². The zero-order valence-corrected chi connectivity index (χ0v) is 19.0. The van der Waals surface area contributed by atoms with Crippen molar-refractivity contribution in [3.63, 3.8) is 0 Å². The maximum atomic E-state index is 12.0. The van der Waals surface area contributed by atoms with E-state index < -0.39 is 0 Å². The number of carbonyl (C=O) groups excluding carboxylic acids is 1. The third-order valence-corrected chi connectivity index (χ3v) is 5.24. The molecule has 0 fully saturated rings. The minimum atomic E-state index is -0.355. The summed E-state index contributed by atoms with van der Waals surface area (Å²) < 4.78 is 3.01. The molecule has 0 aliphatic heterocycles. The molecule has 4 aromatic rings. The fraction of sp³-hybridized carbons (Fsp3) is 0.227. The van der Waals surface area contributed by atoms with Crippen molar-refractivity contribution in [2.75, 3.05) is 29.8 Å². The molecule has 3 aromatic heterocycles. The fourth-order valence-corrected chi connectivity index (χ4v) is 3.33. The lowest BCUT2D eigenvalue weighted by Gasteiger charge is -2.14. The van der Waals surface area contributed by atoms with Crippen LogP contribution in [0.1, 0.15) is 12.5 Å². The highest BCUT2D eigenvalue weighted by atomic mass is 32.1. The van der Waals surface area contributed by atoms with Gasteiger partial charge in [-0.05, 0) is 36.8 Å². The molecule has 0 unspecified atom stereocenters. The highest BCUT2D eigenvalue weighted by molar-refractivity contribution is 7.82. The van der Waals surface area contributed by atoms with Crippen LogP contribution in [0.3, 0.4) is 0 Å². The van der Waals surface area contributed by atoms with Gasteiger partial charge in [0.2, 0.25) is 0 Å². The van der Waals surface area contributed by atoms with Gasteiger partial charge in [0, 0.05) is 38.1 Å². The van der Waals surface area contributed by atoms with Crippen molar-refractivity contribution in [1.82, 2.24) is 30.0 Å². The number of carbonyl (C=O) groups is 1. The van der Waals surface area contributed by atoms with Gasteiger partial charge in [0.1, 0.15) is 11.3 Å². The first-order valence-corrected chi connectivity index (χ1v) is 10.5. The summed E-state index contributed by atoms with van der Waals surface area (Å²) in [6.07, 6.45) is 5.38. The normalized spacial score (nSPS) is 10.9. The van der Waals surface area contributed by atoms with Crippen molar-refractivity contribution >= 4 is 41.5 Å². The van der Waals surface area contributed by atoms with Crippen LogP contribution in [0.25, 0.3) is 22.4 Å². The Kier molecular flexibility index (Phi) is 6.22. The van der Waals surface area contributed by atoms with E-state index in [1.807, 2.05) is 31.9 Å². The van der Waals surface area contributed by atoms with E-state index in [4.69, 9.17) is 0 Å². The van der Waals surface area contributed by atoms with E-state index in [2.05, 4.69) is 67.3 Å². The Morgan fingerprint density at radius 1 is 1.09 bits per heavy atom. The lowest BCUT2D eigenvalue weighted by atomic mass is 10.2. The smallest absolute Gasteiger partial charge is 0.333 e. The molecule has 0 aliphatic carbocycles. The summed E-state index contributed by atoms with van der Waals surface area (Å²) in [5, 5.41) is 7.14. The Labute approximate surface area is 191 Å². The van der Waals surface area contributed by atoms with Gasteiger partial charge in [-0.25, -0.2) is 19.1 Å². The highest BCUT2D eigenvalue weighted by Crippen LogP contribution is 2.21. The maximum Gasteiger partial charge on any atom is 0.333 e. The average Bonchev–Trinajstić information content (AvgIpc) is 3.26. The van der Waals surface area contributed by atoms with Crippen molar-refractivity contribution in [2.45, 2.75) is 13.5 Å². The van der Waals surface area contributed by atoms with Crippen LogP contribution < -0.4 is 14.5 Å². The van der Waals surface area contributed by atoms with Gasteiger partial charge in [0.05, 0.1) is 24.6 Å². The van der Waals surface area contributed by atoms with Crippen LogP contribution in [0, 0.1) is 0 Å². The largest absolute Gasteiger partial charge is 0.378 e. The van der Waals surface area contributed by atoms with Crippen LogP contribution in [0.2, 0.25) is 0 Å². The Morgan fingerprint density at radius 3 is 2.59 bits per heavy atom. The van der Waals surface area contributed by atoms with Gasteiger partial charge >= 0.3 is 6.03 Å². The standard InChI is InChI=1S/C22H24N8OS/c1-4-23-22(31)30(32)20-10-9-18-21(27-20)26-19(12-24-18)16-11-25-29(14-16)13-15-5-7-17(8-6-15)28(2)3/h5-12,14,32H,4,13H2,1-3H3,(H,23,31). The fourth-order valence-electron chi connectivity index (χ4n) is 3.14. The van der Waals surface area contributed by atoms with Gasteiger partial charge in [-0.1, -0.05) is 24.9 Å². The number of rotatable bonds is 6. The molecular formula is C22H24N8OS. The number of amides is 2. The number of nitrogens with zero attached hydrogens (tertiary/aromatic N) is 7. The van der Waals surface area contributed by atoms with Gasteiger partial charge in [-0.2, -0.15) is 5.10 Å². The van der Waals surface area contributed by atoms with Crippen LogP contribution in [0.4, 0.5) is 16.3 Å². The number of urea groups is 1. The summed E-state index contributed by atoms with van der Waals surface area (Å²) in [6, 6.07) is 11.4. The van der Waals surface area contributed by atoms with E-state index in [1.54, 1.807) is 24.5 Å². The zero-order valence-electron chi connectivity index (χ0n) is 18.1. The molecule has 0 spiro atoms. The average molecular weight is 449 g/mol. The quantitative estimate of drug-likeness (QED) is 0.440. The molecular weight excluding hydrogens is 424 g/mol. The Morgan fingerprint density at radius 2 is 1.88 bits per heavy atom. The van der Waals surface area contributed by atoms with E-state index in [9.17, 15) is 4.79 Å². The Hall–Kier alpha value is -3.66. The number of aromatic nitrogens is 5. The van der Waals surface area contributed by atoms with Crippen LogP contribution >= 0.6 is 12.8 Å². The molecule has 10 heteroatoms. The summed E-state index contributed by atoms with van der Waals surface area (Å²) in [5.74, 6) is 0.370. The number of anilines is 2. The molecule has 0 bridgehead atoms. The number of hydrogen-bond donors (Lipinski definition) is 2. The number of fused-ring (bicyclic) bond motifs is 1. The van der Waals surface area contributed by atoms with Crippen molar-refractivity contribution in [2.24, 2.45) is 0 Å². The lowest BCUT2D eigenvalue weighted by Crippen LogP contribution is -2.34. The number of thiol groups is 1. The summed E-state index contributed by atoms with van der Waals surface area (Å²) in [4.78, 5) is 27.6.